The van der Waals surface area contributed by atoms with Crippen LogP contribution in [0.5, 0.6) is 11.5 Å². The minimum atomic E-state index is -0.442. The number of amides is 2. The van der Waals surface area contributed by atoms with Gasteiger partial charge in [0.15, 0.2) is 0 Å². The van der Waals surface area contributed by atoms with Gasteiger partial charge in [-0.3, -0.25) is 9.59 Å². The van der Waals surface area contributed by atoms with Crippen molar-refractivity contribution in [1.29, 1.82) is 0 Å². The number of carbonyl (C=O) groups excluding carboxylic acids is 2. The van der Waals surface area contributed by atoms with Crippen molar-refractivity contribution in [1.82, 2.24) is 0 Å². The van der Waals surface area contributed by atoms with E-state index in [1.54, 1.807) is 36.4 Å². The van der Waals surface area contributed by atoms with E-state index in [4.69, 9.17) is 0 Å². The predicted octanol–water partition coefficient (Wildman–Crippen LogP) is 6.20. The van der Waals surface area contributed by atoms with Crippen LogP contribution < -0.4 is 10.6 Å². The van der Waals surface area contributed by atoms with Gasteiger partial charge in [-0.25, -0.2) is 0 Å². The molecule has 2 amide bonds. The summed E-state index contributed by atoms with van der Waals surface area (Å²) in [7, 11) is 0. The van der Waals surface area contributed by atoms with E-state index in [0.717, 1.165) is 11.1 Å². The van der Waals surface area contributed by atoms with Gasteiger partial charge in [-0.2, -0.15) is 0 Å². The van der Waals surface area contributed by atoms with Gasteiger partial charge in [0.2, 0.25) is 0 Å². The van der Waals surface area contributed by atoms with E-state index in [1.165, 1.54) is 12.1 Å². The van der Waals surface area contributed by atoms with E-state index >= 15 is 0 Å². The first-order chi connectivity index (χ1) is 15.8. The summed E-state index contributed by atoms with van der Waals surface area (Å²) in [6, 6.07) is 16.8. The van der Waals surface area contributed by atoms with Crippen LogP contribution >= 0.6 is 0 Å². The molecule has 0 aliphatic heterocycles. The number of aromatic hydroxyl groups is 2. The summed E-state index contributed by atoms with van der Waals surface area (Å²) < 4.78 is 0. The molecule has 0 heterocycles. The summed E-state index contributed by atoms with van der Waals surface area (Å²) in [6.07, 6.45) is 0. The molecule has 0 radical (unpaired) electrons. The van der Waals surface area contributed by atoms with Gasteiger partial charge in [0.1, 0.15) is 11.5 Å². The van der Waals surface area contributed by atoms with E-state index in [1.807, 2.05) is 53.7 Å². The number of anilines is 2. The zero-order valence-electron chi connectivity index (χ0n) is 20.5. The molecule has 6 nitrogen and oxygen atoms in total. The molecule has 0 aliphatic carbocycles. The summed E-state index contributed by atoms with van der Waals surface area (Å²) >= 11 is 0. The number of hydrogen-bond acceptors (Lipinski definition) is 4. The van der Waals surface area contributed by atoms with Crippen molar-refractivity contribution in [3.8, 4) is 11.5 Å². The van der Waals surface area contributed by atoms with Crippen LogP contribution in [0, 0.1) is 0 Å². The number of phenolic OH excluding ortho intramolecular Hbond substituents is 2. The minimum absolute atomic E-state index is 0.0938. The Morgan fingerprint density at radius 2 is 0.971 bits per heavy atom. The van der Waals surface area contributed by atoms with E-state index in [2.05, 4.69) is 10.6 Å². The highest BCUT2D eigenvalue weighted by Gasteiger charge is 2.26. The van der Waals surface area contributed by atoms with Crippen molar-refractivity contribution in [2.45, 2.75) is 52.4 Å². The Bertz CT molecular complexity index is 1140. The van der Waals surface area contributed by atoms with Gasteiger partial charge in [-0.1, -0.05) is 71.9 Å². The summed E-state index contributed by atoms with van der Waals surface area (Å²) in [4.78, 5) is 26.1. The van der Waals surface area contributed by atoms with E-state index < -0.39 is 11.8 Å². The molecule has 4 N–H and O–H groups in total. The number of benzene rings is 3. The Morgan fingerprint density at radius 3 is 1.32 bits per heavy atom. The van der Waals surface area contributed by atoms with Gasteiger partial charge in [-0.05, 0) is 52.3 Å². The SMILES string of the molecule is CC(C)(C)c1cccc(O)c1C(=O)Nc1cccc(NC(=O)c2c(O)cccc2C(C)(C)C)c1. The predicted molar refractivity (Wildman–Crippen MR) is 136 cm³/mol. The molecule has 0 aliphatic rings. The normalized spacial score (nSPS) is 11.7. The molecule has 3 aromatic rings. The maximum Gasteiger partial charge on any atom is 0.259 e. The van der Waals surface area contributed by atoms with E-state index in [9.17, 15) is 19.8 Å². The van der Waals surface area contributed by atoms with Crippen LogP contribution in [0.25, 0.3) is 0 Å². The first kappa shape index (κ1) is 24.8. The van der Waals surface area contributed by atoms with Gasteiger partial charge in [-0.15, -0.1) is 0 Å². The molecular weight excluding hydrogens is 428 g/mol. The van der Waals surface area contributed by atoms with Crippen molar-refractivity contribution in [2.24, 2.45) is 0 Å². The maximum atomic E-state index is 13.1. The van der Waals surface area contributed by atoms with Crippen LogP contribution in [-0.2, 0) is 10.8 Å². The van der Waals surface area contributed by atoms with Crippen LogP contribution in [0.4, 0.5) is 11.4 Å². The smallest absolute Gasteiger partial charge is 0.259 e. The van der Waals surface area contributed by atoms with Gasteiger partial charge >= 0.3 is 0 Å². The quantitative estimate of drug-likeness (QED) is 0.373. The lowest BCUT2D eigenvalue weighted by Crippen LogP contribution is -2.22. The fourth-order valence-electron chi connectivity index (χ4n) is 3.87. The summed E-state index contributed by atoms with van der Waals surface area (Å²) in [6.45, 7) is 11.8. The average molecular weight is 461 g/mol. The Labute approximate surface area is 200 Å². The average Bonchev–Trinajstić information content (AvgIpc) is 2.72. The minimum Gasteiger partial charge on any atom is -0.507 e. The highest BCUT2D eigenvalue weighted by atomic mass is 16.3. The molecule has 0 aromatic heterocycles. The Kier molecular flexibility index (Phi) is 6.73. The molecule has 3 aromatic carbocycles. The van der Waals surface area contributed by atoms with Crippen LogP contribution in [-0.4, -0.2) is 22.0 Å². The van der Waals surface area contributed by atoms with Crippen LogP contribution in [0.15, 0.2) is 60.7 Å². The molecule has 0 unspecified atom stereocenters. The van der Waals surface area contributed by atoms with Crippen molar-refractivity contribution < 1.29 is 19.8 Å². The lowest BCUT2D eigenvalue weighted by atomic mass is 9.83. The fourth-order valence-corrected chi connectivity index (χ4v) is 3.87. The van der Waals surface area contributed by atoms with Crippen LogP contribution in [0.1, 0.15) is 73.4 Å². The molecular formula is C28H32N2O4. The Balaban J connectivity index is 1.87. The van der Waals surface area contributed by atoms with Crippen molar-refractivity contribution in [3.63, 3.8) is 0 Å². The lowest BCUT2D eigenvalue weighted by Gasteiger charge is -2.23. The third-order valence-corrected chi connectivity index (χ3v) is 5.53. The molecule has 0 atom stereocenters. The number of rotatable bonds is 4. The molecule has 34 heavy (non-hydrogen) atoms. The topological polar surface area (TPSA) is 98.7 Å². The fraction of sp³-hybridized carbons (Fsp3) is 0.286. The second kappa shape index (κ2) is 9.21. The van der Waals surface area contributed by atoms with Crippen molar-refractivity contribution in [3.05, 3.63) is 82.9 Å². The van der Waals surface area contributed by atoms with Crippen molar-refractivity contribution in [2.75, 3.05) is 10.6 Å². The molecule has 0 saturated heterocycles. The molecule has 0 spiro atoms. The molecule has 0 saturated carbocycles. The largest absolute Gasteiger partial charge is 0.507 e. The van der Waals surface area contributed by atoms with Gasteiger partial charge in [0.25, 0.3) is 11.8 Å². The zero-order chi connectivity index (χ0) is 25.3. The third kappa shape index (κ3) is 5.39. The number of carbonyl (C=O) groups is 2. The number of phenols is 2. The van der Waals surface area contributed by atoms with Crippen LogP contribution in [0.3, 0.4) is 0 Å². The van der Waals surface area contributed by atoms with Crippen LogP contribution in [0.2, 0.25) is 0 Å². The second-order valence-corrected chi connectivity index (χ2v) is 10.4. The van der Waals surface area contributed by atoms with Crippen molar-refractivity contribution >= 4 is 23.2 Å². The van der Waals surface area contributed by atoms with E-state index in [0.29, 0.717) is 11.4 Å². The molecule has 0 bridgehead atoms. The molecule has 6 heteroatoms. The third-order valence-electron chi connectivity index (χ3n) is 5.53. The summed E-state index contributed by atoms with van der Waals surface area (Å²) in [5, 5.41) is 26.4. The van der Waals surface area contributed by atoms with Gasteiger partial charge < -0.3 is 20.8 Å². The number of hydrogen-bond donors (Lipinski definition) is 4. The maximum absolute atomic E-state index is 13.1. The van der Waals surface area contributed by atoms with E-state index in [-0.39, 0.29) is 33.5 Å². The Morgan fingerprint density at radius 1 is 0.618 bits per heavy atom. The second-order valence-electron chi connectivity index (χ2n) is 10.4. The standard InChI is InChI=1S/C28H32N2O4/c1-27(2,3)19-12-8-14-21(31)23(19)25(33)29-17-10-7-11-18(16-17)30-26(34)24-20(28(4,5)6)13-9-15-22(24)32/h7-16,31-32H,1-6H3,(H,29,33)(H,30,34). The molecule has 3 rings (SSSR count). The monoisotopic (exact) mass is 460 g/mol. The first-order valence-electron chi connectivity index (χ1n) is 11.2. The summed E-state index contributed by atoms with van der Waals surface area (Å²) in [5.41, 5.74) is 2.11. The summed E-state index contributed by atoms with van der Waals surface area (Å²) in [5.74, 6) is -1.07. The Hall–Kier alpha value is -3.80. The zero-order valence-corrected chi connectivity index (χ0v) is 20.5. The first-order valence-corrected chi connectivity index (χ1v) is 11.2. The highest BCUT2D eigenvalue weighted by Crippen LogP contribution is 2.33. The van der Waals surface area contributed by atoms with Gasteiger partial charge in [0, 0.05) is 11.4 Å². The molecule has 0 fully saturated rings. The number of nitrogens with one attached hydrogen (secondary N) is 2. The lowest BCUT2D eigenvalue weighted by molar-refractivity contribution is 0.101. The van der Waals surface area contributed by atoms with Gasteiger partial charge in [0.05, 0.1) is 11.1 Å². The molecule has 178 valence electrons. The highest BCUT2D eigenvalue weighted by molar-refractivity contribution is 6.09.